The zero-order valence-electron chi connectivity index (χ0n) is 20.3. The van der Waals surface area contributed by atoms with Crippen molar-refractivity contribution >= 4 is 49.2 Å². The number of alkyl halides is 3. The molecule has 3 aromatic rings. The van der Waals surface area contributed by atoms with Crippen molar-refractivity contribution in [3.05, 3.63) is 78.5 Å². The highest BCUT2D eigenvalue weighted by Crippen LogP contribution is 2.49. The molecule has 1 aliphatic carbocycles. The highest BCUT2D eigenvalue weighted by Gasteiger charge is 2.65. The van der Waals surface area contributed by atoms with E-state index in [1.807, 2.05) is 0 Å². The fourth-order valence-electron chi connectivity index (χ4n) is 4.31. The number of anilines is 3. The van der Waals surface area contributed by atoms with Crippen LogP contribution >= 0.6 is 0 Å². The summed E-state index contributed by atoms with van der Waals surface area (Å²) in [6, 6.07) is 13.6. The summed E-state index contributed by atoms with van der Waals surface area (Å²) >= 11 is 0. The number of aromatic nitrogens is 1. The maximum Gasteiger partial charge on any atom is 0.501 e. The van der Waals surface area contributed by atoms with E-state index >= 15 is 0 Å². The summed E-state index contributed by atoms with van der Waals surface area (Å²) in [7, 11) is -9.65. The molecule has 2 aromatic carbocycles. The van der Waals surface area contributed by atoms with E-state index in [1.54, 1.807) is 30.3 Å². The normalized spacial score (nSPS) is 16.9. The third-order valence-electron chi connectivity index (χ3n) is 6.40. The van der Waals surface area contributed by atoms with Crippen LogP contribution in [0.25, 0.3) is 0 Å². The number of pyridine rings is 1. The zero-order valence-corrected chi connectivity index (χ0v) is 21.9. The molecular formula is C24H20F3N5O6S2. The molecule has 0 atom stereocenters. The van der Waals surface area contributed by atoms with Crippen molar-refractivity contribution in [3.8, 4) is 0 Å². The van der Waals surface area contributed by atoms with Crippen LogP contribution in [-0.4, -0.2) is 49.7 Å². The first-order chi connectivity index (χ1) is 18.7. The summed E-state index contributed by atoms with van der Waals surface area (Å²) in [6.45, 7) is -0.0923. The van der Waals surface area contributed by atoms with Gasteiger partial charge in [-0.1, -0.05) is 18.2 Å². The standard InChI is InChI=1S/C24H20F3N5O6S2/c25-24(26,27)39(35,36)19-8-6-18(7-9-19)32-21(33)23(11-12-23)31(22(32)34)15-16-10-13-28-20(14-16)30-40(37,38)29-17-4-2-1-3-5-17/h1-10,13-14,29H,11-12,15H2,(H,28,30). The van der Waals surface area contributed by atoms with Crippen molar-refractivity contribution in [2.75, 3.05) is 14.3 Å². The second kappa shape index (κ2) is 9.48. The van der Waals surface area contributed by atoms with Gasteiger partial charge in [-0.3, -0.25) is 14.2 Å². The van der Waals surface area contributed by atoms with Crippen LogP contribution in [0.2, 0.25) is 0 Å². The molecule has 5 rings (SSSR count). The number of amides is 3. The molecule has 16 heteroatoms. The molecule has 1 aliphatic heterocycles. The Morgan fingerprint density at radius 3 is 2.15 bits per heavy atom. The van der Waals surface area contributed by atoms with Gasteiger partial charge < -0.3 is 4.90 Å². The molecule has 210 valence electrons. The number of imide groups is 1. The average Bonchev–Trinajstić information content (AvgIpc) is 3.66. The molecule has 3 amide bonds. The maximum absolute atomic E-state index is 13.3. The largest absolute Gasteiger partial charge is 0.501 e. The number of carbonyl (C=O) groups is 2. The fourth-order valence-corrected chi connectivity index (χ4v) is 5.95. The predicted octanol–water partition coefficient (Wildman–Crippen LogP) is 3.65. The summed E-state index contributed by atoms with van der Waals surface area (Å²) < 4.78 is 91.6. The van der Waals surface area contributed by atoms with Crippen molar-refractivity contribution < 1.29 is 39.6 Å². The third-order valence-corrected chi connectivity index (χ3v) is 8.89. The fraction of sp³-hybridized carbons (Fsp3) is 0.208. The molecule has 11 nitrogen and oxygen atoms in total. The van der Waals surface area contributed by atoms with Crippen molar-refractivity contribution in [1.82, 2.24) is 9.88 Å². The van der Waals surface area contributed by atoms with E-state index in [0.717, 1.165) is 17.0 Å². The Hall–Kier alpha value is -4.18. The molecule has 2 fully saturated rings. The minimum absolute atomic E-state index is 0.0398. The zero-order chi connectivity index (χ0) is 28.9. The van der Waals surface area contributed by atoms with E-state index in [9.17, 15) is 39.6 Å². The second-order valence-corrected chi connectivity index (χ2v) is 12.5. The molecule has 0 bridgehead atoms. The number of halogens is 3. The van der Waals surface area contributed by atoms with Gasteiger partial charge in [0.25, 0.3) is 15.7 Å². The van der Waals surface area contributed by atoms with E-state index < -0.39 is 47.9 Å². The van der Waals surface area contributed by atoms with Crippen LogP contribution in [0.5, 0.6) is 0 Å². The van der Waals surface area contributed by atoms with Gasteiger partial charge >= 0.3 is 21.7 Å². The van der Waals surface area contributed by atoms with Crippen LogP contribution in [0.4, 0.5) is 35.2 Å². The van der Waals surface area contributed by atoms with E-state index in [4.69, 9.17) is 0 Å². The summed E-state index contributed by atoms with van der Waals surface area (Å²) in [5.41, 5.74) is -5.97. The smallest absolute Gasteiger partial charge is 0.305 e. The lowest BCUT2D eigenvalue weighted by Gasteiger charge is -2.21. The van der Waals surface area contributed by atoms with E-state index in [2.05, 4.69) is 14.4 Å². The molecule has 2 aliphatic rings. The van der Waals surface area contributed by atoms with Gasteiger partial charge in [-0.25, -0.2) is 23.1 Å². The van der Waals surface area contributed by atoms with Crippen molar-refractivity contribution in [3.63, 3.8) is 0 Å². The molecule has 1 spiro atoms. The van der Waals surface area contributed by atoms with Crippen molar-refractivity contribution in [2.45, 2.75) is 35.3 Å². The lowest BCUT2D eigenvalue weighted by atomic mass is 10.2. The quantitative estimate of drug-likeness (QED) is 0.378. The van der Waals surface area contributed by atoms with Crippen molar-refractivity contribution in [2.24, 2.45) is 0 Å². The Bertz CT molecular complexity index is 1690. The Kier molecular flexibility index (Phi) is 6.49. The summed E-state index contributed by atoms with van der Waals surface area (Å²) in [5, 5.41) is 0. The molecule has 0 unspecified atom stereocenters. The number of rotatable bonds is 8. The Morgan fingerprint density at radius 2 is 1.55 bits per heavy atom. The number of hydrogen-bond acceptors (Lipinski definition) is 7. The highest BCUT2D eigenvalue weighted by molar-refractivity contribution is 7.94. The van der Waals surface area contributed by atoms with E-state index in [-0.39, 0.29) is 18.1 Å². The topological polar surface area (TPSA) is 146 Å². The molecule has 2 heterocycles. The van der Waals surface area contributed by atoms with Gasteiger partial charge in [0, 0.05) is 12.7 Å². The second-order valence-electron chi connectivity index (χ2n) is 9.11. The molecule has 1 aromatic heterocycles. The SMILES string of the molecule is O=C1N(c2ccc(S(=O)(=O)C(F)(F)F)cc2)C(=O)C2(CC2)N1Cc1ccnc(NS(=O)(=O)Nc2ccccc2)c1. The monoisotopic (exact) mass is 595 g/mol. The van der Waals surface area contributed by atoms with Crippen molar-refractivity contribution in [1.29, 1.82) is 0 Å². The Morgan fingerprint density at radius 1 is 0.900 bits per heavy atom. The van der Waals surface area contributed by atoms with Gasteiger partial charge in [0.15, 0.2) is 0 Å². The van der Waals surface area contributed by atoms with E-state index in [1.165, 1.54) is 23.2 Å². The van der Waals surface area contributed by atoms with Crippen LogP contribution in [-0.2, 0) is 31.4 Å². The van der Waals surface area contributed by atoms with Gasteiger partial charge in [0.05, 0.1) is 16.3 Å². The highest BCUT2D eigenvalue weighted by atomic mass is 32.2. The summed E-state index contributed by atoms with van der Waals surface area (Å²) in [4.78, 5) is 31.6. The van der Waals surface area contributed by atoms with Gasteiger partial charge in [-0.15, -0.1) is 0 Å². The minimum Gasteiger partial charge on any atom is -0.305 e. The van der Waals surface area contributed by atoms with Gasteiger partial charge in [0.1, 0.15) is 11.4 Å². The number of sulfone groups is 1. The van der Waals surface area contributed by atoms with Gasteiger partial charge in [-0.2, -0.15) is 21.6 Å². The minimum atomic E-state index is -5.60. The predicted molar refractivity (Wildman–Crippen MR) is 137 cm³/mol. The lowest BCUT2D eigenvalue weighted by Crippen LogP contribution is -2.36. The summed E-state index contributed by atoms with van der Waals surface area (Å²) in [6.07, 6.45) is 2.02. The first-order valence-corrected chi connectivity index (χ1v) is 14.6. The maximum atomic E-state index is 13.3. The molecule has 1 saturated carbocycles. The summed E-state index contributed by atoms with van der Waals surface area (Å²) in [5.74, 6) is -0.631. The number of nitrogens with zero attached hydrogens (tertiary/aromatic N) is 3. The number of urea groups is 1. The number of nitrogens with one attached hydrogen (secondary N) is 2. The van der Waals surface area contributed by atoms with Crippen LogP contribution in [0.1, 0.15) is 18.4 Å². The number of hydrogen-bond donors (Lipinski definition) is 2. The van der Waals surface area contributed by atoms with Gasteiger partial charge in [0.2, 0.25) is 0 Å². The average molecular weight is 596 g/mol. The van der Waals surface area contributed by atoms with Crippen LogP contribution in [0.15, 0.2) is 77.8 Å². The van der Waals surface area contributed by atoms with Gasteiger partial charge in [-0.05, 0) is 66.9 Å². The van der Waals surface area contributed by atoms with Crippen LogP contribution < -0.4 is 14.3 Å². The number of benzene rings is 2. The Balaban J connectivity index is 1.35. The third kappa shape index (κ3) is 4.95. The number of para-hydroxylation sites is 1. The van der Waals surface area contributed by atoms with E-state index in [0.29, 0.717) is 36.2 Å². The molecule has 2 N–H and O–H groups in total. The molecule has 1 saturated heterocycles. The molecular weight excluding hydrogens is 575 g/mol. The molecule has 0 radical (unpaired) electrons. The van der Waals surface area contributed by atoms with Crippen LogP contribution in [0, 0.1) is 0 Å². The van der Waals surface area contributed by atoms with Crippen LogP contribution in [0.3, 0.4) is 0 Å². The number of carbonyl (C=O) groups excluding carboxylic acids is 2. The first-order valence-electron chi connectivity index (χ1n) is 11.6. The lowest BCUT2D eigenvalue weighted by molar-refractivity contribution is -0.120. The molecule has 40 heavy (non-hydrogen) atoms. The Labute approximate surface area is 226 Å². The first kappa shape index (κ1) is 27.4.